The van der Waals surface area contributed by atoms with Crippen molar-refractivity contribution < 1.29 is 9.90 Å². The van der Waals surface area contributed by atoms with Gasteiger partial charge < -0.3 is 10.4 Å². The van der Waals surface area contributed by atoms with Crippen LogP contribution in [0.4, 0.5) is 5.69 Å². The fourth-order valence-electron chi connectivity index (χ4n) is 3.49. The highest BCUT2D eigenvalue weighted by Gasteiger charge is 2.46. The second-order valence-corrected chi connectivity index (χ2v) is 6.65. The van der Waals surface area contributed by atoms with Crippen LogP contribution in [-0.4, -0.2) is 16.6 Å². The maximum Gasteiger partial charge on any atom is 0.329 e. The summed E-state index contributed by atoms with van der Waals surface area (Å²) >= 11 is 5.99. The van der Waals surface area contributed by atoms with Crippen LogP contribution >= 0.6 is 11.6 Å². The molecule has 0 aliphatic heterocycles. The maximum atomic E-state index is 11.9. The summed E-state index contributed by atoms with van der Waals surface area (Å²) in [6, 6.07) is 7.33. The first-order valence-corrected chi connectivity index (χ1v) is 7.74. The third-order valence-electron chi connectivity index (χ3n) is 4.70. The average molecular weight is 294 g/mol. The van der Waals surface area contributed by atoms with E-state index < -0.39 is 11.5 Å². The summed E-state index contributed by atoms with van der Waals surface area (Å²) in [5.41, 5.74) is -0.0211. The van der Waals surface area contributed by atoms with Crippen molar-refractivity contribution in [1.29, 1.82) is 0 Å². The van der Waals surface area contributed by atoms with E-state index in [1.165, 1.54) is 19.3 Å². The van der Waals surface area contributed by atoms with E-state index in [0.717, 1.165) is 24.4 Å². The lowest BCUT2D eigenvalue weighted by Gasteiger charge is -2.39. The molecule has 2 unspecified atom stereocenters. The molecule has 1 aromatic carbocycles. The lowest BCUT2D eigenvalue weighted by molar-refractivity contribution is -0.144. The molecule has 0 amide bonds. The van der Waals surface area contributed by atoms with Gasteiger partial charge in [-0.15, -0.1) is 0 Å². The van der Waals surface area contributed by atoms with Crippen LogP contribution in [0, 0.1) is 11.8 Å². The van der Waals surface area contributed by atoms with Crippen LogP contribution in [0.3, 0.4) is 0 Å². The molecule has 2 N–H and O–H groups in total. The molecule has 0 radical (unpaired) electrons. The van der Waals surface area contributed by atoms with Crippen molar-refractivity contribution >= 4 is 23.3 Å². The number of anilines is 1. The predicted octanol–water partition coefficient (Wildman–Crippen LogP) is 4.18. The number of carboxylic acid groups (broad SMARTS) is 1. The Kier molecular flexibility index (Phi) is 3.63. The van der Waals surface area contributed by atoms with Crippen LogP contribution in [0.1, 0.15) is 38.5 Å². The van der Waals surface area contributed by atoms with Crippen LogP contribution in [0.2, 0.25) is 5.02 Å². The summed E-state index contributed by atoms with van der Waals surface area (Å²) in [4.78, 5) is 11.9. The molecule has 2 fully saturated rings. The zero-order valence-electron chi connectivity index (χ0n) is 11.4. The van der Waals surface area contributed by atoms with E-state index in [9.17, 15) is 9.90 Å². The number of halogens is 1. The Morgan fingerprint density at radius 1 is 1.30 bits per heavy atom. The van der Waals surface area contributed by atoms with Crippen LogP contribution in [0.15, 0.2) is 24.3 Å². The summed E-state index contributed by atoms with van der Waals surface area (Å²) in [7, 11) is 0. The Labute approximate surface area is 124 Å². The third kappa shape index (κ3) is 2.78. The summed E-state index contributed by atoms with van der Waals surface area (Å²) in [6.45, 7) is 0. The lowest BCUT2D eigenvalue weighted by Crippen LogP contribution is -2.50. The van der Waals surface area contributed by atoms with Crippen molar-refractivity contribution in [3.63, 3.8) is 0 Å². The van der Waals surface area contributed by atoms with E-state index in [1.54, 1.807) is 12.1 Å². The highest BCUT2D eigenvalue weighted by atomic mass is 35.5. The van der Waals surface area contributed by atoms with Gasteiger partial charge in [0.25, 0.3) is 0 Å². The Balaban J connectivity index is 1.81. The summed E-state index contributed by atoms with van der Waals surface area (Å²) in [5.74, 6) is 0.588. The number of nitrogens with one attached hydrogen (secondary N) is 1. The zero-order chi connectivity index (χ0) is 14.2. The summed E-state index contributed by atoms with van der Waals surface area (Å²) in [5, 5.41) is 13.6. The fraction of sp³-hybridized carbons (Fsp3) is 0.562. The molecule has 0 heterocycles. The van der Waals surface area contributed by atoms with Crippen molar-refractivity contribution in [2.45, 2.75) is 44.1 Å². The van der Waals surface area contributed by atoms with Gasteiger partial charge in [-0.05, 0) is 62.1 Å². The van der Waals surface area contributed by atoms with Gasteiger partial charge in [-0.1, -0.05) is 24.1 Å². The van der Waals surface area contributed by atoms with Crippen molar-refractivity contribution in [3.05, 3.63) is 29.3 Å². The smallest absolute Gasteiger partial charge is 0.329 e. The topological polar surface area (TPSA) is 49.3 Å². The quantitative estimate of drug-likeness (QED) is 0.876. The van der Waals surface area contributed by atoms with E-state index in [0.29, 0.717) is 17.4 Å². The number of hydrogen-bond donors (Lipinski definition) is 2. The van der Waals surface area contributed by atoms with Crippen molar-refractivity contribution in [2.75, 3.05) is 5.32 Å². The second-order valence-electron chi connectivity index (χ2n) is 6.22. The monoisotopic (exact) mass is 293 g/mol. The number of hydrogen-bond acceptors (Lipinski definition) is 2. The van der Waals surface area contributed by atoms with Crippen molar-refractivity contribution in [3.8, 4) is 0 Å². The summed E-state index contributed by atoms with van der Waals surface area (Å²) < 4.78 is 0. The predicted molar refractivity (Wildman–Crippen MR) is 80.1 cm³/mol. The normalized spacial score (nSPS) is 29.9. The molecule has 2 aliphatic carbocycles. The van der Waals surface area contributed by atoms with Gasteiger partial charge in [-0.2, -0.15) is 0 Å². The first-order chi connectivity index (χ1) is 9.59. The van der Waals surface area contributed by atoms with Crippen molar-refractivity contribution in [1.82, 2.24) is 0 Å². The van der Waals surface area contributed by atoms with Gasteiger partial charge in [0.2, 0.25) is 0 Å². The van der Waals surface area contributed by atoms with Gasteiger partial charge in [0, 0.05) is 10.7 Å². The van der Waals surface area contributed by atoms with Crippen LogP contribution in [0.25, 0.3) is 0 Å². The zero-order valence-corrected chi connectivity index (χ0v) is 12.2. The van der Waals surface area contributed by atoms with E-state index in [1.807, 2.05) is 12.1 Å². The van der Waals surface area contributed by atoms with E-state index in [4.69, 9.17) is 11.6 Å². The minimum absolute atomic E-state index is 0.562. The molecule has 0 bridgehead atoms. The largest absolute Gasteiger partial charge is 0.480 e. The number of benzene rings is 1. The van der Waals surface area contributed by atoms with Gasteiger partial charge in [-0.3, -0.25) is 0 Å². The third-order valence-corrected chi connectivity index (χ3v) is 4.93. The van der Waals surface area contributed by atoms with Gasteiger partial charge in [0.1, 0.15) is 5.54 Å². The molecule has 3 nitrogen and oxygen atoms in total. The molecule has 4 heteroatoms. The molecule has 20 heavy (non-hydrogen) atoms. The van der Waals surface area contributed by atoms with Crippen LogP contribution < -0.4 is 5.32 Å². The second kappa shape index (κ2) is 5.28. The minimum atomic E-state index is -0.823. The molecule has 2 saturated carbocycles. The van der Waals surface area contributed by atoms with E-state index in [-0.39, 0.29) is 0 Å². The molecule has 0 aromatic heterocycles. The Morgan fingerprint density at radius 3 is 2.75 bits per heavy atom. The van der Waals surface area contributed by atoms with Gasteiger partial charge in [-0.25, -0.2) is 4.79 Å². The van der Waals surface area contributed by atoms with Gasteiger partial charge in [0.15, 0.2) is 0 Å². The fourth-order valence-corrected chi connectivity index (χ4v) is 3.68. The minimum Gasteiger partial charge on any atom is -0.480 e. The molecule has 0 saturated heterocycles. The van der Waals surface area contributed by atoms with E-state index >= 15 is 0 Å². The number of aliphatic carboxylic acids is 1. The molecule has 2 atom stereocenters. The van der Waals surface area contributed by atoms with Crippen molar-refractivity contribution in [2.24, 2.45) is 11.8 Å². The molecule has 108 valence electrons. The molecule has 1 aromatic rings. The van der Waals surface area contributed by atoms with Gasteiger partial charge >= 0.3 is 5.97 Å². The standard InChI is InChI=1S/C16H20ClNO2/c17-13-4-1-5-14(9-13)18-16(15(19)20)8-2-3-12(10-16)11-6-7-11/h1,4-5,9,11-12,18H,2-3,6-8,10H2,(H,19,20). The highest BCUT2D eigenvalue weighted by Crippen LogP contribution is 2.47. The number of rotatable bonds is 4. The Bertz CT molecular complexity index is 515. The molecule has 0 spiro atoms. The number of carbonyl (C=O) groups is 1. The molecule has 2 aliphatic rings. The molecular weight excluding hydrogens is 274 g/mol. The first-order valence-electron chi connectivity index (χ1n) is 7.36. The highest BCUT2D eigenvalue weighted by molar-refractivity contribution is 6.30. The summed E-state index contributed by atoms with van der Waals surface area (Å²) in [6.07, 6.45) is 6.14. The Morgan fingerprint density at radius 2 is 2.10 bits per heavy atom. The molecule has 3 rings (SSSR count). The van der Waals surface area contributed by atoms with Gasteiger partial charge in [0.05, 0.1) is 0 Å². The maximum absolute atomic E-state index is 11.9. The SMILES string of the molecule is O=C(O)C1(Nc2cccc(Cl)c2)CCCC(C2CC2)C1. The first kappa shape index (κ1) is 13.7. The number of carboxylic acids is 1. The molecular formula is C16H20ClNO2. The Hall–Kier alpha value is -1.22. The van der Waals surface area contributed by atoms with E-state index in [2.05, 4.69) is 5.32 Å². The average Bonchev–Trinajstić information content (AvgIpc) is 3.23. The van der Waals surface area contributed by atoms with Crippen LogP contribution in [0.5, 0.6) is 0 Å². The van der Waals surface area contributed by atoms with Crippen LogP contribution in [-0.2, 0) is 4.79 Å². The lowest BCUT2D eigenvalue weighted by atomic mass is 9.73.